The van der Waals surface area contributed by atoms with Gasteiger partial charge >= 0.3 is 0 Å². The second-order valence-corrected chi connectivity index (χ2v) is 6.48. The molecule has 0 radical (unpaired) electrons. The summed E-state index contributed by atoms with van der Waals surface area (Å²) in [5, 5.41) is 6.75. The molecule has 0 bridgehead atoms. The highest BCUT2D eigenvalue weighted by Crippen LogP contribution is 2.20. The van der Waals surface area contributed by atoms with Gasteiger partial charge in [0, 0.05) is 28.7 Å². The first-order chi connectivity index (χ1) is 11.0. The lowest BCUT2D eigenvalue weighted by atomic mass is 10.1. The molecule has 6 heteroatoms. The Kier molecular flexibility index (Phi) is 6.10. The van der Waals surface area contributed by atoms with E-state index in [0.717, 1.165) is 28.0 Å². The number of rotatable bonds is 7. The van der Waals surface area contributed by atoms with Crippen molar-refractivity contribution in [2.75, 3.05) is 17.3 Å². The Morgan fingerprint density at radius 2 is 2.09 bits per heavy atom. The number of aryl methyl sites for hydroxylation is 1. The average molecular weight is 333 g/mol. The van der Waals surface area contributed by atoms with Crippen molar-refractivity contribution >= 4 is 40.2 Å². The minimum Gasteiger partial charge on any atom is -0.359 e. The molecular formula is C17H23N3O2S. The topological polar surface area (TPSA) is 74.0 Å². The molecule has 3 N–H and O–H groups in total. The molecule has 2 aromatic rings. The van der Waals surface area contributed by atoms with E-state index in [1.807, 2.05) is 37.4 Å². The predicted octanol–water partition coefficient (Wildman–Crippen LogP) is 3.06. The standard InChI is InChI=1S/C17H23N3O2S/c1-4-16(21)20-15(7-8-23-3)17(22)19-13-5-6-14-12(10-13)9-11(2)18-14/h5-6,9-10,15,18H,4,7-8H2,1-3H3,(H,19,22)(H,20,21)/t15-/m0/s1. The average Bonchev–Trinajstić information content (AvgIpc) is 2.90. The predicted molar refractivity (Wildman–Crippen MR) is 96.9 cm³/mol. The van der Waals surface area contributed by atoms with Crippen molar-refractivity contribution in [3.63, 3.8) is 0 Å². The maximum Gasteiger partial charge on any atom is 0.246 e. The molecule has 1 atom stereocenters. The van der Waals surface area contributed by atoms with Crippen molar-refractivity contribution in [3.05, 3.63) is 30.0 Å². The van der Waals surface area contributed by atoms with E-state index < -0.39 is 6.04 Å². The second-order valence-electron chi connectivity index (χ2n) is 5.50. The van der Waals surface area contributed by atoms with Crippen LogP contribution in [0, 0.1) is 6.92 Å². The molecule has 0 spiro atoms. The number of anilines is 1. The van der Waals surface area contributed by atoms with E-state index in [1.165, 1.54) is 0 Å². The van der Waals surface area contributed by atoms with Crippen LogP contribution < -0.4 is 10.6 Å². The third kappa shape index (κ3) is 4.76. The van der Waals surface area contributed by atoms with Crippen LogP contribution in [0.4, 0.5) is 5.69 Å². The summed E-state index contributed by atoms with van der Waals surface area (Å²) in [5.74, 6) is 0.536. The molecule has 1 heterocycles. The number of H-pyrrole nitrogens is 1. The Hall–Kier alpha value is -1.95. The van der Waals surface area contributed by atoms with Gasteiger partial charge in [-0.05, 0) is 49.6 Å². The fourth-order valence-corrected chi connectivity index (χ4v) is 2.86. The summed E-state index contributed by atoms with van der Waals surface area (Å²) in [6.07, 6.45) is 2.97. The number of carbonyl (C=O) groups is 2. The Morgan fingerprint density at radius 1 is 1.30 bits per heavy atom. The number of aromatic amines is 1. The first-order valence-electron chi connectivity index (χ1n) is 7.72. The van der Waals surface area contributed by atoms with Crippen molar-refractivity contribution in [3.8, 4) is 0 Å². The Morgan fingerprint density at radius 3 is 2.78 bits per heavy atom. The summed E-state index contributed by atoms with van der Waals surface area (Å²) >= 11 is 1.66. The van der Waals surface area contributed by atoms with E-state index in [1.54, 1.807) is 18.7 Å². The van der Waals surface area contributed by atoms with Crippen LogP contribution in [0.2, 0.25) is 0 Å². The summed E-state index contributed by atoms with van der Waals surface area (Å²) < 4.78 is 0. The molecule has 1 aromatic carbocycles. The van der Waals surface area contributed by atoms with Gasteiger partial charge in [-0.3, -0.25) is 9.59 Å². The van der Waals surface area contributed by atoms with Crippen molar-refractivity contribution in [1.82, 2.24) is 10.3 Å². The summed E-state index contributed by atoms with van der Waals surface area (Å²) in [6, 6.07) is 7.28. The van der Waals surface area contributed by atoms with Gasteiger partial charge in [0.1, 0.15) is 6.04 Å². The van der Waals surface area contributed by atoms with Crippen LogP contribution in [-0.4, -0.2) is 34.8 Å². The zero-order valence-corrected chi connectivity index (χ0v) is 14.5. The normalized spacial score (nSPS) is 12.1. The number of fused-ring (bicyclic) bond motifs is 1. The Balaban J connectivity index is 2.09. The molecule has 0 fully saturated rings. The van der Waals surface area contributed by atoms with Gasteiger partial charge in [0.25, 0.3) is 0 Å². The van der Waals surface area contributed by atoms with Crippen molar-refractivity contribution in [2.45, 2.75) is 32.7 Å². The van der Waals surface area contributed by atoms with Crippen LogP contribution in [0.3, 0.4) is 0 Å². The van der Waals surface area contributed by atoms with E-state index in [4.69, 9.17) is 0 Å². The molecule has 124 valence electrons. The first-order valence-corrected chi connectivity index (χ1v) is 9.11. The zero-order chi connectivity index (χ0) is 16.8. The van der Waals surface area contributed by atoms with Crippen LogP contribution in [-0.2, 0) is 9.59 Å². The first kappa shape index (κ1) is 17.4. The molecule has 23 heavy (non-hydrogen) atoms. The molecular weight excluding hydrogens is 310 g/mol. The fraction of sp³-hybridized carbons (Fsp3) is 0.412. The number of aromatic nitrogens is 1. The lowest BCUT2D eigenvalue weighted by Crippen LogP contribution is -2.43. The third-order valence-electron chi connectivity index (χ3n) is 3.61. The maximum absolute atomic E-state index is 12.5. The highest BCUT2D eigenvalue weighted by molar-refractivity contribution is 7.98. The van der Waals surface area contributed by atoms with Gasteiger partial charge in [-0.2, -0.15) is 11.8 Å². The fourth-order valence-electron chi connectivity index (χ4n) is 2.39. The van der Waals surface area contributed by atoms with Crippen molar-refractivity contribution in [2.24, 2.45) is 0 Å². The molecule has 0 unspecified atom stereocenters. The number of carbonyl (C=O) groups excluding carboxylic acids is 2. The van der Waals surface area contributed by atoms with Gasteiger partial charge in [0.2, 0.25) is 11.8 Å². The number of hydrogen-bond acceptors (Lipinski definition) is 3. The van der Waals surface area contributed by atoms with Crippen molar-refractivity contribution < 1.29 is 9.59 Å². The van der Waals surface area contributed by atoms with E-state index >= 15 is 0 Å². The Labute approximate surface area is 140 Å². The quantitative estimate of drug-likeness (QED) is 0.729. The van der Waals surface area contributed by atoms with Crippen LogP contribution in [0.25, 0.3) is 10.9 Å². The number of thioether (sulfide) groups is 1. The molecule has 0 aliphatic rings. The van der Waals surface area contributed by atoms with E-state index in [-0.39, 0.29) is 11.8 Å². The number of nitrogens with one attached hydrogen (secondary N) is 3. The van der Waals surface area contributed by atoms with E-state index in [2.05, 4.69) is 15.6 Å². The minimum absolute atomic E-state index is 0.108. The van der Waals surface area contributed by atoms with Crippen LogP contribution >= 0.6 is 11.8 Å². The number of hydrogen-bond donors (Lipinski definition) is 3. The largest absolute Gasteiger partial charge is 0.359 e. The van der Waals surface area contributed by atoms with Crippen LogP contribution in [0.15, 0.2) is 24.3 Å². The molecule has 0 saturated carbocycles. The third-order valence-corrected chi connectivity index (χ3v) is 4.25. The summed E-state index contributed by atoms with van der Waals surface area (Å²) in [6.45, 7) is 3.78. The molecule has 2 amide bonds. The van der Waals surface area contributed by atoms with Crippen LogP contribution in [0.5, 0.6) is 0 Å². The molecule has 0 aliphatic carbocycles. The van der Waals surface area contributed by atoms with Gasteiger partial charge in [-0.15, -0.1) is 0 Å². The molecule has 0 aliphatic heterocycles. The van der Waals surface area contributed by atoms with Gasteiger partial charge in [-0.25, -0.2) is 0 Å². The van der Waals surface area contributed by atoms with Gasteiger partial charge in [0.15, 0.2) is 0 Å². The smallest absolute Gasteiger partial charge is 0.246 e. The molecule has 0 saturated heterocycles. The lowest BCUT2D eigenvalue weighted by Gasteiger charge is -2.18. The number of amides is 2. The summed E-state index contributed by atoms with van der Waals surface area (Å²) in [4.78, 5) is 27.3. The van der Waals surface area contributed by atoms with Crippen LogP contribution in [0.1, 0.15) is 25.5 Å². The van der Waals surface area contributed by atoms with E-state index in [9.17, 15) is 9.59 Å². The SMILES string of the molecule is CCC(=O)N[C@@H](CCSC)C(=O)Nc1ccc2[nH]c(C)cc2c1. The minimum atomic E-state index is -0.501. The lowest BCUT2D eigenvalue weighted by molar-refractivity contribution is -0.126. The number of benzene rings is 1. The second kappa shape index (κ2) is 8.06. The highest BCUT2D eigenvalue weighted by atomic mass is 32.2. The monoisotopic (exact) mass is 333 g/mol. The summed E-state index contributed by atoms with van der Waals surface area (Å²) in [7, 11) is 0. The van der Waals surface area contributed by atoms with Crippen molar-refractivity contribution in [1.29, 1.82) is 0 Å². The molecule has 1 aromatic heterocycles. The van der Waals surface area contributed by atoms with Gasteiger partial charge in [0.05, 0.1) is 0 Å². The summed E-state index contributed by atoms with van der Waals surface area (Å²) in [5.41, 5.74) is 2.86. The molecule has 5 nitrogen and oxygen atoms in total. The van der Waals surface area contributed by atoms with Gasteiger partial charge < -0.3 is 15.6 Å². The molecule has 2 rings (SSSR count). The van der Waals surface area contributed by atoms with E-state index in [0.29, 0.717) is 12.8 Å². The maximum atomic E-state index is 12.5. The zero-order valence-electron chi connectivity index (χ0n) is 13.7. The Bertz CT molecular complexity index is 696. The highest BCUT2D eigenvalue weighted by Gasteiger charge is 2.20. The van der Waals surface area contributed by atoms with Gasteiger partial charge in [-0.1, -0.05) is 6.92 Å².